The van der Waals surface area contributed by atoms with E-state index in [0.717, 1.165) is 111 Å². The van der Waals surface area contributed by atoms with Crippen molar-refractivity contribution in [3.63, 3.8) is 0 Å². The highest BCUT2D eigenvalue weighted by atomic mass is 35.5. The van der Waals surface area contributed by atoms with Gasteiger partial charge < -0.3 is 167 Å². The molecule has 3 fully saturated rings. The van der Waals surface area contributed by atoms with Crippen molar-refractivity contribution in [2.45, 2.75) is 199 Å². The molecule has 23 atom stereocenters. The maximum absolute atomic E-state index is 17.0. The maximum atomic E-state index is 17.0. The molecule has 9 aliphatic rings. The lowest BCUT2D eigenvalue weighted by Crippen LogP contribution is -2.65. The molecule has 7 aromatic rings. The highest BCUT2D eigenvalue weighted by Gasteiger charge is 2.52. The van der Waals surface area contributed by atoms with Gasteiger partial charge in [0.15, 0.2) is 35.3 Å². The summed E-state index contributed by atoms with van der Waals surface area (Å²) in [6.45, 7) is -0.149. The lowest BCUT2D eigenvalue weighted by atomic mass is 9.89. The number of aliphatic hydroxyl groups is 10. The van der Waals surface area contributed by atoms with Crippen LogP contribution in [-0.2, 0) is 68.5 Å². The molecule has 132 heavy (non-hydrogen) atoms. The molecule has 17 bridgehead atoms. The number of aliphatic hydroxyl groups excluding tert-OH is 10. The van der Waals surface area contributed by atoms with Gasteiger partial charge >= 0.3 is 5.97 Å². The van der Waals surface area contributed by atoms with Crippen LogP contribution in [0.15, 0.2) is 127 Å². The highest BCUT2D eigenvalue weighted by Crippen LogP contribution is 2.51. The molecule has 0 radical (unpaired) electrons. The van der Waals surface area contributed by atoms with Gasteiger partial charge in [0.1, 0.15) is 156 Å². The molecule has 42 nitrogen and oxygen atoms in total. The number of nitrogens with one attached hydrogen (secondary N) is 8. The van der Waals surface area contributed by atoms with Gasteiger partial charge in [-0.25, -0.2) is 4.79 Å². The molecule has 704 valence electrons. The zero-order valence-corrected chi connectivity index (χ0v) is 71.4. The fourth-order valence-corrected chi connectivity index (χ4v) is 16.7. The highest BCUT2D eigenvalue weighted by molar-refractivity contribution is 6.32. The van der Waals surface area contributed by atoms with Crippen LogP contribution in [0.4, 0.5) is 0 Å². The first-order valence-electron chi connectivity index (χ1n) is 41.7. The topological polar surface area (TPSA) is 662 Å². The number of benzene rings is 7. The summed E-state index contributed by atoms with van der Waals surface area (Å²) in [6.07, 6.45) is -22.2. The van der Waals surface area contributed by atoms with Crippen molar-refractivity contribution in [3.8, 4) is 80.1 Å². The quantitative estimate of drug-likeness (QED) is 0.0396. The molecule has 3 saturated heterocycles. The number of ether oxygens (including phenoxy) is 9. The first-order valence-corrected chi connectivity index (χ1v) is 42.5. The number of allylic oxidation sites excluding steroid dienone is 2. The Hall–Kier alpha value is -12.3. The number of hydrogen-bond donors (Lipinski definition) is 24. The fourth-order valence-electron chi connectivity index (χ4n) is 16.2. The molecule has 0 unspecified atom stereocenters. The third-order valence-corrected chi connectivity index (χ3v) is 23.7. The number of fused-ring (bicyclic) bond motifs is 14. The minimum absolute atomic E-state index is 0.0251. The van der Waals surface area contributed by atoms with Crippen molar-refractivity contribution in [2.24, 2.45) is 5.73 Å². The molecule has 0 saturated carbocycles. The number of rotatable bonds is 19. The standard InChI is InChI=1S/C88H95Cl2N9O33/c1-3-4-5-6-7-8-9-10-60(108)94-68-74(113)71(110)58(32-101)129-87(68)132-78-55-26-40-27-56(78)126-52-18-14-38(24-47(52)90)77(131-86-67(92-34(2)103)73(112)70(109)57(31-100)128-86)69-84(121)98-66(85(122)123)45-29-42(105)30-54(127-88-76(115)75(114)72(111)59(33-102)130-88)61(45)44-23-37(13-15-49(44)106)63(81(118)99-69)96-83(120)65(40)97-82(119)64-39-21-41(104)28-43(22-39)124-53-25-36(12-16-50(53)107)62(91)80(117)93-48(79(116)95-64)20-35-11-17-51(125-55)46(89)19-35/h7-8,11-19,21-30,48,57-59,62-77,86-88,100-102,104-107,109-115H,3-6,9-10,20,31-33,91H2,1-2H3,(H,92,103)(H,93,117)(H,94,108)(H,95,116)(H,96,120)(H,97,119)(H,98,121)(H,99,118)(H,122,123)/t48-,57-,58-,59-,62+,63-,64+,65-,66-,67-,68-,69+,70-,71-,72-,73-,74-,75+,76+,77-,86+,87+,88+/m1/s1. The average Bonchev–Trinajstić information content (AvgIpc) is 0.757. The first kappa shape index (κ1) is 95.8. The Kier molecular flexibility index (Phi) is 29.6. The van der Waals surface area contributed by atoms with Gasteiger partial charge in [-0.3, -0.25) is 38.4 Å². The Labute approximate surface area is 759 Å². The van der Waals surface area contributed by atoms with E-state index in [9.17, 15) is 95.8 Å². The van der Waals surface area contributed by atoms with E-state index in [4.69, 9.17) is 71.6 Å². The van der Waals surface area contributed by atoms with E-state index in [0.29, 0.717) is 6.42 Å². The second-order valence-electron chi connectivity index (χ2n) is 32.3. The summed E-state index contributed by atoms with van der Waals surface area (Å²) in [7, 11) is 0. The molecule has 25 N–H and O–H groups in total. The van der Waals surface area contributed by atoms with E-state index >= 15 is 24.0 Å². The lowest BCUT2D eigenvalue weighted by Gasteiger charge is -2.44. The number of hydrogen-bond acceptors (Lipinski definition) is 33. The van der Waals surface area contributed by atoms with Gasteiger partial charge in [-0.1, -0.05) is 79.4 Å². The van der Waals surface area contributed by atoms with E-state index in [1.807, 2.05) is 13.0 Å². The van der Waals surface area contributed by atoms with Crippen LogP contribution in [0.1, 0.15) is 128 Å². The largest absolute Gasteiger partial charge is 0.508 e. The Morgan fingerprint density at radius 2 is 1.07 bits per heavy atom. The Balaban J connectivity index is 1.04. The number of carboxylic acids is 1. The van der Waals surface area contributed by atoms with Crippen LogP contribution >= 0.6 is 23.2 Å². The zero-order chi connectivity index (χ0) is 94.7. The van der Waals surface area contributed by atoms with Gasteiger partial charge in [-0.15, -0.1) is 0 Å². The van der Waals surface area contributed by atoms with Crippen molar-refractivity contribution in [1.82, 2.24) is 42.5 Å². The van der Waals surface area contributed by atoms with Gasteiger partial charge in [0.05, 0.1) is 29.9 Å². The van der Waals surface area contributed by atoms with Crippen LogP contribution in [0, 0.1) is 0 Å². The number of halogens is 2. The summed E-state index contributed by atoms with van der Waals surface area (Å²) in [6, 6.07) is 0.558. The Bertz CT molecular complexity index is 5600. The molecule has 0 spiro atoms. The SMILES string of the molecule is CCCCCC=CCCC(=O)N[C@H]1[C@H](Oc2c3cc4cc2Oc2ccc(cc2Cl)[C@@H](O[C@@H]2O[C@H](CO)[C@@H](O)[C@H](O)[C@H]2NC(C)=O)[C@@H]2NC(=O)[C@H](NC(=O)[C@@H]4NC(=O)[C@H]4NC(=O)[C@@H](Cc5ccc(c(Cl)c5)O3)NC(=O)[C@@H](N)c3ccc(O)c(c3)Oc3cc(O)cc4c3)c3ccc(O)c(c3)-c3c(O[C@H]4O[C@H](CO)[C@@H](O)[C@H](O)[C@@H]4O)cc(O)cc3[C@H](C(=O)O)NC2=O)O[C@H](CO)[C@@H](O)[C@@H]1O. The Morgan fingerprint density at radius 1 is 0.508 bits per heavy atom. The second kappa shape index (κ2) is 40.8. The third-order valence-electron chi connectivity index (χ3n) is 23.1. The maximum Gasteiger partial charge on any atom is 0.330 e. The van der Waals surface area contributed by atoms with Crippen molar-refractivity contribution < 1.29 is 162 Å². The Morgan fingerprint density at radius 3 is 1.70 bits per heavy atom. The van der Waals surface area contributed by atoms with Gasteiger partial charge in [0.2, 0.25) is 65.6 Å². The predicted octanol–water partition coefficient (Wildman–Crippen LogP) is 0.940. The number of unbranched alkanes of at least 4 members (excludes halogenated alkanes) is 3. The monoisotopic (exact) mass is 1880 g/mol. The van der Waals surface area contributed by atoms with Crippen LogP contribution in [0.2, 0.25) is 10.0 Å². The number of amides is 8. The number of aromatic hydroxyl groups is 4. The normalized spacial score (nSPS) is 28.9. The van der Waals surface area contributed by atoms with Gasteiger partial charge in [-0.05, 0) is 132 Å². The number of carbonyl (C=O) groups excluding carboxylic acids is 8. The number of carbonyl (C=O) groups is 9. The molecular formula is C88H95Cl2N9O33. The molecule has 0 aromatic heterocycles. The van der Waals surface area contributed by atoms with E-state index in [-0.39, 0.29) is 46.2 Å². The summed E-state index contributed by atoms with van der Waals surface area (Å²) >= 11 is 14.7. The van der Waals surface area contributed by atoms with Crippen LogP contribution in [0.3, 0.4) is 0 Å². The summed E-state index contributed by atoms with van der Waals surface area (Å²) < 4.78 is 57.4. The van der Waals surface area contributed by atoms with Crippen LogP contribution in [0.5, 0.6) is 69.0 Å². The molecule has 16 rings (SSSR count). The molecule has 9 aliphatic heterocycles. The van der Waals surface area contributed by atoms with E-state index in [2.05, 4.69) is 42.5 Å². The van der Waals surface area contributed by atoms with E-state index in [1.54, 1.807) is 6.08 Å². The zero-order valence-electron chi connectivity index (χ0n) is 69.9. The predicted molar refractivity (Wildman–Crippen MR) is 453 cm³/mol. The van der Waals surface area contributed by atoms with Gasteiger partial charge in [0, 0.05) is 48.6 Å². The molecular weight excluding hydrogens is 1780 g/mol. The van der Waals surface area contributed by atoms with Crippen molar-refractivity contribution in [2.75, 3.05) is 19.8 Å². The van der Waals surface area contributed by atoms with Crippen molar-refractivity contribution >= 4 is 76.4 Å². The van der Waals surface area contributed by atoms with Crippen LogP contribution in [-0.4, -0.2) is 254 Å². The minimum Gasteiger partial charge on any atom is -0.508 e. The van der Waals surface area contributed by atoms with Crippen molar-refractivity contribution in [3.05, 3.63) is 176 Å². The minimum atomic E-state index is -2.59. The second-order valence-corrected chi connectivity index (χ2v) is 33.2. The summed E-state index contributed by atoms with van der Waals surface area (Å²) in [5.74, 6) is -19.7. The number of carboxylic acid groups (broad SMARTS) is 1. The molecule has 9 heterocycles. The van der Waals surface area contributed by atoms with Crippen molar-refractivity contribution in [1.29, 1.82) is 0 Å². The van der Waals surface area contributed by atoms with E-state index < -0.39 is 316 Å². The first-order chi connectivity index (χ1) is 63.0. The summed E-state index contributed by atoms with van der Waals surface area (Å²) in [5.41, 5.74) is 2.76. The molecule has 0 aliphatic carbocycles. The van der Waals surface area contributed by atoms with Crippen LogP contribution < -0.4 is 72.0 Å². The van der Waals surface area contributed by atoms with Gasteiger partial charge in [-0.2, -0.15) is 0 Å². The summed E-state index contributed by atoms with van der Waals surface area (Å²) in [4.78, 5) is 138. The fraction of sp³-hybridized carbons (Fsp3) is 0.398. The van der Waals surface area contributed by atoms with E-state index in [1.165, 1.54) is 30.3 Å². The lowest BCUT2D eigenvalue weighted by molar-refractivity contribution is -0.284. The average molecular weight is 1880 g/mol. The number of phenols is 4. The van der Waals surface area contributed by atoms with Crippen LogP contribution in [0.25, 0.3) is 11.1 Å². The van der Waals surface area contributed by atoms with Gasteiger partial charge in [0.25, 0.3) is 0 Å². The summed E-state index contributed by atoms with van der Waals surface area (Å²) in [5, 5.41) is 190. The number of aliphatic carboxylic acids is 1. The number of phenolic OH excluding ortho intramolecular Hbond substituents is 4. The molecule has 8 amide bonds. The molecule has 44 heteroatoms. The number of nitrogens with two attached hydrogens (primary N) is 1. The smallest absolute Gasteiger partial charge is 0.330 e. The third kappa shape index (κ3) is 20.6. The molecule has 7 aromatic carbocycles.